The summed E-state index contributed by atoms with van der Waals surface area (Å²) in [7, 11) is 0. The molecule has 0 unspecified atom stereocenters. The lowest BCUT2D eigenvalue weighted by Gasteiger charge is -2.03. The average molecular weight is 348 g/mol. The van der Waals surface area contributed by atoms with Crippen LogP contribution in [0.15, 0.2) is 46.3 Å². The number of aromatic nitrogens is 2. The Balaban J connectivity index is 2.17. The van der Waals surface area contributed by atoms with Gasteiger partial charge in [0.25, 0.3) is 0 Å². The number of anilines is 1. The van der Waals surface area contributed by atoms with Crippen LogP contribution in [0.5, 0.6) is 0 Å². The van der Waals surface area contributed by atoms with Crippen LogP contribution in [0.1, 0.15) is 12.5 Å². The van der Waals surface area contributed by atoms with Crippen LogP contribution < -0.4 is 5.73 Å². The Morgan fingerprint density at radius 3 is 2.55 bits per heavy atom. The highest BCUT2D eigenvalue weighted by Gasteiger charge is 2.17. The molecule has 20 heavy (non-hydrogen) atoms. The van der Waals surface area contributed by atoms with E-state index in [0.29, 0.717) is 0 Å². The fraction of sp³-hybridized carbons (Fsp3) is 0.133. The fourth-order valence-electron chi connectivity index (χ4n) is 2.22. The number of para-hydroxylation sites is 1. The van der Waals surface area contributed by atoms with Crippen molar-refractivity contribution in [1.82, 2.24) is 9.78 Å². The molecule has 0 aliphatic rings. The van der Waals surface area contributed by atoms with Gasteiger partial charge in [-0.3, -0.25) is 0 Å². The lowest BCUT2D eigenvalue weighted by molar-refractivity contribution is 0.895. The summed E-state index contributed by atoms with van der Waals surface area (Å²) in [5.41, 5.74) is 9.35. The third-order valence-corrected chi connectivity index (χ3v) is 4.81. The van der Waals surface area contributed by atoms with Crippen molar-refractivity contribution < 1.29 is 0 Å². The zero-order valence-corrected chi connectivity index (χ0v) is 13.4. The summed E-state index contributed by atoms with van der Waals surface area (Å²) in [6.45, 7) is 2.11. The summed E-state index contributed by atoms with van der Waals surface area (Å²) < 4.78 is 2.92. The zero-order valence-electron chi connectivity index (χ0n) is 11.0. The first-order valence-electron chi connectivity index (χ1n) is 6.39. The molecule has 1 aromatic carbocycles. The van der Waals surface area contributed by atoms with Crippen molar-refractivity contribution >= 4 is 33.1 Å². The molecule has 0 fully saturated rings. The van der Waals surface area contributed by atoms with Crippen molar-refractivity contribution in [2.24, 2.45) is 0 Å². The van der Waals surface area contributed by atoms with Crippen molar-refractivity contribution in [2.45, 2.75) is 13.3 Å². The van der Waals surface area contributed by atoms with Crippen LogP contribution in [-0.2, 0) is 6.42 Å². The maximum absolute atomic E-state index is 6.28. The van der Waals surface area contributed by atoms with E-state index in [-0.39, 0.29) is 0 Å². The topological polar surface area (TPSA) is 43.8 Å². The van der Waals surface area contributed by atoms with E-state index >= 15 is 0 Å². The molecule has 2 aromatic heterocycles. The van der Waals surface area contributed by atoms with Gasteiger partial charge in [0.05, 0.1) is 14.4 Å². The molecule has 0 spiro atoms. The van der Waals surface area contributed by atoms with E-state index in [4.69, 9.17) is 10.8 Å². The SMILES string of the molecule is CCc1c(-c2ccc(Br)s2)nn(-c2ccccc2)c1N. The van der Waals surface area contributed by atoms with Gasteiger partial charge in [-0.2, -0.15) is 5.10 Å². The minimum atomic E-state index is 0.721. The predicted molar refractivity (Wildman–Crippen MR) is 88.4 cm³/mol. The Morgan fingerprint density at radius 2 is 1.95 bits per heavy atom. The molecule has 3 nitrogen and oxygen atoms in total. The van der Waals surface area contributed by atoms with E-state index in [0.717, 1.165) is 37.8 Å². The summed E-state index contributed by atoms with van der Waals surface area (Å²) in [5.74, 6) is 0.721. The van der Waals surface area contributed by atoms with E-state index in [1.165, 1.54) is 0 Å². The van der Waals surface area contributed by atoms with E-state index < -0.39 is 0 Å². The molecule has 2 heterocycles. The van der Waals surface area contributed by atoms with Crippen molar-refractivity contribution in [3.8, 4) is 16.3 Å². The van der Waals surface area contributed by atoms with Gasteiger partial charge in [0, 0.05) is 5.56 Å². The summed E-state index contributed by atoms with van der Waals surface area (Å²) >= 11 is 5.17. The minimum absolute atomic E-state index is 0.721. The lowest BCUT2D eigenvalue weighted by Crippen LogP contribution is -2.02. The number of nitrogen functional groups attached to an aromatic ring is 1. The number of halogens is 1. The number of hydrogen-bond donors (Lipinski definition) is 1. The molecule has 0 aliphatic carbocycles. The summed E-state index contributed by atoms with van der Waals surface area (Å²) in [5, 5.41) is 4.72. The molecule has 0 amide bonds. The molecule has 0 bridgehead atoms. The van der Waals surface area contributed by atoms with Crippen LogP contribution >= 0.6 is 27.3 Å². The number of rotatable bonds is 3. The molecular formula is C15H14BrN3S. The van der Waals surface area contributed by atoms with E-state index in [2.05, 4.69) is 28.9 Å². The highest BCUT2D eigenvalue weighted by molar-refractivity contribution is 9.11. The summed E-state index contributed by atoms with van der Waals surface area (Å²) in [6, 6.07) is 14.1. The first-order valence-corrected chi connectivity index (χ1v) is 8.00. The molecule has 2 N–H and O–H groups in total. The molecular weight excluding hydrogens is 334 g/mol. The Kier molecular flexibility index (Phi) is 3.63. The van der Waals surface area contributed by atoms with Gasteiger partial charge in [-0.05, 0) is 46.6 Å². The van der Waals surface area contributed by atoms with E-state index in [1.54, 1.807) is 11.3 Å². The average Bonchev–Trinajstić information content (AvgIpc) is 3.03. The normalized spacial score (nSPS) is 10.9. The number of nitrogens with zero attached hydrogens (tertiary/aromatic N) is 2. The predicted octanol–water partition coefficient (Wildman–Crippen LogP) is 4.51. The largest absolute Gasteiger partial charge is 0.383 e. The van der Waals surface area contributed by atoms with Crippen molar-refractivity contribution in [1.29, 1.82) is 0 Å². The third-order valence-electron chi connectivity index (χ3n) is 3.18. The molecule has 3 aromatic rings. The maximum Gasteiger partial charge on any atom is 0.131 e. The van der Waals surface area contributed by atoms with Crippen molar-refractivity contribution in [3.63, 3.8) is 0 Å². The zero-order chi connectivity index (χ0) is 14.1. The van der Waals surface area contributed by atoms with Crippen LogP contribution in [0, 0.1) is 0 Å². The van der Waals surface area contributed by atoms with E-state index in [1.807, 2.05) is 41.1 Å². The van der Waals surface area contributed by atoms with Gasteiger partial charge in [-0.1, -0.05) is 25.1 Å². The van der Waals surface area contributed by atoms with Crippen LogP contribution in [0.4, 0.5) is 5.82 Å². The van der Waals surface area contributed by atoms with Crippen molar-refractivity contribution in [3.05, 3.63) is 51.8 Å². The quantitative estimate of drug-likeness (QED) is 0.757. The maximum atomic E-state index is 6.28. The van der Waals surface area contributed by atoms with Gasteiger partial charge in [0.15, 0.2) is 0 Å². The molecule has 3 rings (SSSR count). The standard InChI is InChI=1S/C15H14BrN3S/c1-2-11-14(12-8-9-13(16)20-12)18-19(15(11)17)10-6-4-3-5-7-10/h3-9H,2,17H2,1H3. The summed E-state index contributed by atoms with van der Waals surface area (Å²) in [6.07, 6.45) is 0.865. The van der Waals surface area contributed by atoms with E-state index in [9.17, 15) is 0 Å². The number of hydrogen-bond acceptors (Lipinski definition) is 3. The Morgan fingerprint density at radius 1 is 1.20 bits per heavy atom. The van der Waals surface area contributed by atoms with Gasteiger partial charge in [0.2, 0.25) is 0 Å². The molecule has 0 atom stereocenters. The van der Waals surface area contributed by atoms with Gasteiger partial charge in [-0.15, -0.1) is 11.3 Å². The molecule has 0 saturated carbocycles. The monoisotopic (exact) mass is 347 g/mol. The third kappa shape index (κ3) is 2.27. The number of nitrogens with two attached hydrogens (primary N) is 1. The minimum Gasteiger partial charge on any atom is -0.383 e. The van der Waals surface area contributed by atoms with Gasteiger partial charge < -0.3 is 5.73 Å². The van der Waals surface area contributed by atoms with Crippen LogP contribution in [-0.4, -0.2) is 9.78 Å². The second kappa shape index (κ2) is 5.42. The van der Waals surface area contributed by atoms with Gasteiger partial charge in [-0.25, -0.2) is 4.68 Å². The van der Waals surface area contributed by atoms with Gasteiger partial charge in [0.1, 0.15) is 11.5 Å². The van der Waals surface area contributed by atoms with Crippen LogP contribution in [0.2, 0.25) is 0 Å². The molecule has 0 saturated heterocycles. The Bertz CT molecular complexity index is 731. The Hall–Kier alpha value is -1.59. The molecule has 5 heteroatoms. The molecule has 0 aliphatic heterocycles. The highest BCUT2D eigenvalue weighted by atomic mass is 79.9. The second-order valence-corrected chi connectivity index (χ2v) is 6.88. The smallest absolute Gasteiger partial charge is 0.131 e. The second-order valence-electron chi connectivity index (χ2n) is 4.42. The lowest BCUT2D eigenvalue weighted by atomic mass is 10.1. The highest BCUT2D eigenvalue weighted by Crippen LogP contribution is 2.35. The van der Waals surface area contributed by atoms with Crippen LogP contribution in [0.25, 0.3) is 16.3 Å². The summed E-state index contributed by atoms with van der Waals surface area (Å²) in [4.78, 5) is 1.13. The van der Waals surface area contributed by atoms with Gasteiger partial charge >= 0.3 is 0 Å². The first-order chi connectivity index (χ1) is 9.70. The molecule has 102 valence electrons. The number of benzene rings is 1. The van der Waals surface area contributed by atoms with Crippen LogP contribution in [0.3, 0.4) is 0 Å². The molecule has 0 radical (unpaired) electrons. The fourth-order valence-corrected chi connectivity index (χ4v) is 3.62. The number of thiophene rings is 1. The first kappa shape index (κ1) is 13.4. The Labute approximate surface area is 130 Å². The van der Waals surface area contributed by atoms with Crippen molar-refractivity contribution in [2.75, 3.05) is 5.73 Å².